The van der Waals surface area contributed by atoms with Gasteiger partial charge in [-0.2, -0.15) is 0 Å². The molecular weight excluding hydrogens is 224 g/mol. The number of rotatable bonds is 3. The summed E-state index contributed by atoms with van der Waals surface area (Å²) in [6, 6.07) is 6.20. The van der Waals surface area contributed by atoms with Crippen molar-refractivity contribution in [1.82, 2.24) is 4.98 Å². The molecular formula is C12H17ClN2O. The van der Waals surface area contributed by atoms with E-state index < -0.39 is 0 Å². The molecule has 0 amide bonds. The molecule has 2 aromatic rings. The number of aromatic nitrogens is 1. The van der Waals surface area contributed by atoms with Crippen molar-refractivity contribution in [1.29, 1.82) is 0 Å². The van der Waals surface area contributed by atoms with Crippen LogP contribution in [0.25, 0.3) is 10.9 Å². The van der Waals surface area contributed by atoms with Crippen molar-refractivity contribution in [2.45, 2.75) is 19.4 Å². The molecule has 2 rings (SSSR count). The fourth-order valence-corrected chi connectivity index (χ4v) is 1.80. The quantitative estimate of drug-likeness (QED) is 0.866. The Morgan fingerprint density at radius 2 is 2.19 bits per heavy atom. The third kappa shape index (κ3) is 2.49. The summed E-state index contributed by atoms with van der Waals surface area (Å²) >= 11 is 0. The number of H-pyrrole nitrogens is 1. The first-order valence-corrected chi connectivity index (χ1v) is 5.10. The van der Waals surface area contributed by atoms with Gasteiger partial charge in [0, 0.05) is 23.1 Å². The number of hydrogen-bond donors (Lipinski definition) is 2. The number of methoxy groups -OCH3 is 1. The number of ether oxygens (including phenoxy) is 1. The maximum atomic E-state index is 5.80. The highest BCUT2D eigenvalue weighted by molar-refractivity contribution is 5.85. The Morgan fingerprint density at radius 1 is 1.44 bits per heavy atom. The monoisotopic (exact) mass is 240 g/mol. The van der Waals surface area contributed by atoms with Crippen LogP contribution in [-0.2, 0) is 6.42 Å². The van der Waals surface area contributed by atoms with Gasteiger partial charge in [0.15, 0.2) is 0 Å². The second kappa shape index (κ2) is 5.23. The summed E-state index contributed by atoms with van der Waals surface area (Å²) in [6.45, 7) is 2.01. The molecule has 3 nitrogen and oxygen atoms in total. The van der Waals surface area contributed by atoms with Crippen LogP contribution in [0.1, 0.15) is 12.5 Å². The molecule has 1 heterocycles. The zero-order valence-electron chi connectivity index (χ0n) is 9.49. The van der Waals surface area contributed by atoms with Crippen molar-refractivity contribution in [3.8, 4) is 5.75 Å². The van der Waals surface area contributed by atoms with E-state index in [4.69, 9.17) is 10.5 Å². The van der Waals surface area contributed by atoms with Gasteiger partial charge >= 0.3 is 0 Å². The lowest BCUT2D eigenvalue weighted by Gasteiger charge is -2.04. The molecule has 1 aromatic carbocycles. The van der Waals surface area contributed by atoms with Crippen LogP contribution in [0.4, 0.5) is 0 Å². The van der Waals surface area contributed by atoms with E-state index in [0.29, 0.717) is 0 Å². The summed E-state index contributed by atoms with van der Waals surface area (Å²) < 4.78 is 5.21. The lowest BCUT2D eigenvalue weighted by atomic mass is 10.1. The average Bonchev–Trinajstić information content (AvgIpc) is 2.60. The molecule has 0 saturated carbocycles. The minimum atomic E-state index is 0. The number of hydrogen-bond acceptors (Lipinski definition) is 2. The molecule has 0 saturated heterocycles. The molecule has 0 aliphatic carbocycles. The molecule has 0 aliphatic heterocycles. The van der Waals surface area contributed by atoms with Gasteiger partial charge in [-0.1, -0.05) is 0 Å². The molecule has 1 unspecified atom stereocenters. The van der Waals surface area contributed by atoms with E-state index in [1.165, 1.54) is 10.9 Å². The van der Waals surface area contributed by atoms with E-state index in [2.05, 4.69) is 4.98 Å². The topological polar surface area (TPSA) is 51.0 Å². The molecule has 88 valence electrons. The minimum Gasteiger partial charge on any atom is -0.497 e. The molecule has 1 atom stereocenters. The first-order valence-electron chi connectivity index (χ1n) is 5.10. The minimum absolute atomic E-state index is 0. The van der Waals surface area contributed by atoms with Gasteiger partial charge in [-0.15, -0.1) is 12.4 Å². The molecule has 0 radical (unpaired) electrons. The van der Waals surface area contributed by atoms with Gasteiger partial charge in [0.25, 0.3) is 0 Å². The third-order valence-electron chi connectivity index (χ3n) is 2.52. The zero-order chi connectivity index (χ0) is 10.8. The lowest BCUT2D eigenvalue weighted by molar-refractivity contribution is 0.415. The maximum Gasteiger partial charge on any atom is 0.119 e. The Kier molecular flexibility index (Phi) is 4.21. The van der Waals surface area contributed by atoms with Crippen molar-refractivity contribution < 1.29 is 4.74 Å². The molecule has 0 fully saturated rings. The van der Waals surface area contributed by atoms with Crippen LogP contribution in [0.3, 0.4) is 0 Å². The molecule has 3 N–H and O–H groups in total. The van der Waals surface area contributed by atoms with Crippen LogP contribution in [0.5, 0.6) is 5.75 Å². The van der Waals surface area contributed by atoms with E-state index in [1.54, 1.807) is 7.11 Å². The van der Waals surface area contributed by atoms with Crippen LogP contribution >= 0.6 is 12.4 Å². The Morgan fingerprint density at radius 3 is 2.81 bits per heavy atom. The smallest absolute Gasteiger partial charge is 0.119 e. The zero-order valence-corrected chi connectivity index (χ0v) is 10.3. The number of benzene rings is 1. The Labute approximate surface area is 101 Å². The van der Waals surface area contributed by atoms with E-state index in [-0.39, 0.29) is 18.4 Å². The maximum absolute atomic E-state index is 5.80. The van der Waals surface area contributed by atoms with Crippen LogP contribution in [0, 0.1) is 0 Å². The van der Waals surface area contributed by atoms with Gasteiger partial charge < -0.3 is 15.5 Å². The highest BCUT2D eigenvalue weighted by atomic mass is 35.5. The van der Waals surface area contributed by atoms with Crippen LogP contribution in [0.2, 0.25) is 0 Å². The summed E-state index contributed by atoms with van der Waals surface area (Å²) in [5.41, 5.74) is 8.18. The van der Waals surface area contributed by atoms with E-state index in [1.807, 2.05) is 31.3 Å². The molecule has 4 heteroatoms. The number of nitrogens with one attached hydrogen (secondary N) is 1. The highest BCUT2D eigenvalue weighted by Gasteiger charge is 2.06. The average molecular weight is 241 g/mol. The summed E-state index contributed by atoms with van der Waals surface area (Å²) in [6.07, 6.45) is 2.90. The van der Waals surface area contributed by atoms with Gasteiger partial charge in [0.2, 0.25) is 0 Å². The van der Waals surface area contributed by atoms with Crippen molar-refractivity contribution in [2.24, 2.45) is 5.73 Å². The summed E-state index contributed by atoms with van der Waals surface area (Å²) in [5, 5.41) is 1.20. The second-order valence-electron chi connectivity index (χ2n) is 3.91. The highest BCUT2D eigenvalue weighted by Crippen LogP contribution is 2.24. The van der Waals surface area contributed by atoms with Gasteiger partial charge in [-0.05, 0) is 37.1 Å². The van der Waals surface area contributed by atoms with Crippen molar-refractivity contribution >= 4 is 23.3 Å². The largest absolute Gasteiger partial charge is 0.497 e. The molecule has 16 heavy (non-hydrogen) atoms. The molecule has 0 spiro atoms. The standard InChI is InChI=1S/C12H16N2O.ClH/c1-8(13)5-9-7-14-12-4-3-10(15-2)6-11(9)12;/h3-4,6-8,14H,5,13H2,1-2H3;1H. The predicted octanol–water partition coefficient (Wildman–Crippen LogP) is 2.49. The first-order chi connectivity index (χ1) is 7.20. The molecule has 1 aromatic heterocycles. The number of fused-ring (bicyclic) bond motifs is 1. The summed E-state index contributed by atoms with van der Waals surface area (Å²) in [7, 11) is 1.68. The van der Waals surface area contributed by atoms with Crippen molar-refractivity contribution in [3.63, 3.8) is 0 Å². The van der Waals surface area contributed by atoms with Crippen molar-refractivity contribution in [2.75, 3.05) is 7.11 Å². The Hall–Kier alpha value is -1.19. The number of aromatic amines is 1. The predicted molar refractivity (Wildman–Crippen MR) is 69.5 cm³/mol. The molecule has 0 bridgehead atoms. The first kappa shape index (κ1) is 12.9. The number of halogens is 1. The fourth-order valence-electron chi connectivity index (χ4n) is 1.80. The second-order valence-corrected chi connectivity index (χ2v) is 3.91. The summed E-state index contributed by atoms with van der Waals surface area (Å²) in [5.74, 6) is 0.882. The molecule has 0 aliphatic rings. The fraction of sp³-hybridized carbons (Fsp3) is 0.333. The Balaban J connectivity index is 0.00000128. The van der Waals surface area contributed by atoms with E-state index in [0.717, 1.165) is 17.7 Å². The van der Waals surface area contributed by atoms with Crippen molar-refractivity contribution in [3.05, 3.63) is 30.0 Å². The van der Waals surface area contributed by atoms with Gasteiger partial charge in [0.1, 0.15) is 5.75 Å². The van der Waals surface area contributed by atoms with Gasteiger partial charge in [-0.3, -0.25) is 0 Å². The Bertz CT molecular complexity index is 465. The SMILES string of the molecule is COc1ccc2[nH]cc(CC(C)N)c2c1.Cl. The van der Waals surface area contributed by atoms with Gasteiger partial charge in [0.05, 0.1) is 7.11 Å². The number of nitrogens with two attached hydrogens (primary N) is 1. The normalized spacial score (nSPS) is 12.2. The summed E-state index contributed by atoms with van der Waals surface area (Å²) in [4.78, 5) is 3.23. The van der Waals surface area contributed by atoms with Crippen LogP contribution in [-0.4, -0.2) is 18.1 Å². The van der Waals surface area contributed by atoms with E-state index in [9.17, 15) is 0 Å². The van der Waals surface area contributed by atoms with Crippen LogP contribution < -0.4 is 10.5 Å². The lowest BCUT2D eigenvalue weighted by Crippen LogP contribution is -2.17. The van der Waals surface area contributed by atoms with Gasteiger partial charge in [-0.25, -0.2) is 0 Å². The van der Waals surface area contributed by atoms with Crippen LogP contribution in [0.15, 0.2) is 24.4 Å². The third-order valence-corrected chi connectivity index (χ3v) is 2.52. The van der Waals surface area contributed by atoms with E-state index >= 15 is 0 Å².